The third kappa shape index (κ3) is 4.69. The summed E-state index contributed by atoms with van der Waals surface area (Å²) in [4.78, 5) is 12.0. The molecule has 0 fully saturated rings. The quantitative estimate of drug-likeness (QED) is 0.607. The molecular formula is C17H20N6O2S. The summed E-state index contributed by atoms with van der Waals surface area (Å²) in [7, 11) is 0. The third-order valence-corrected chi connectivity index (χ3v) is 4.59. The molecule has 1 amide bonds. The molecule has 0 radical (unpaired) electrons. The van der Waals surface area contributed by atoms with Gasteiger partial charge >= 0.3 is 0 Å². The van der Waals surface area contributed by atoms with E-state index in [4.69, 9.17) is 4.52 Å². The minimum Gasteiger partial charge on any atom is -0.360 e. The Balaban J connectivity index is 1.60. The van der Waals surface area contributed by atoms with Crippen molar-refractivity contribution in [3.05, 3.63) is 41.7 Å². The molecule has 9 heteroatoms. The molecule has 26 heavy (non-hydrogen) atoms. The Bertz CT molecular complexity index is 858. The molecule has 0 spiro atoms. The first-order chi connectivity index (χ1) is 12.7. The molecule has 1 aromatic carbocycles. The van der Waals surface area contributed by atoms with Crippen molar-refractivity contribution in [1.82, 2.24) is 25.4 Å². The predicted octanol–water partition coefficient (Wildman–Crippen LogP) is 3.03. The second-order valence-electron chi connectivity index (χ2n) is 5.80. The van der Waals surface area contributed by atoms with Gasteiger partial charge in [-0.1, -0.05) is 42.4 Å². The number of carbonyl (C=O) groups excluding carboxylic acids is 1. The van der Waals surface area contributed by atoms with Crippen LogP contribution in [0.3, 0.4) is 0 Å². The highest BCUT2D eigenvalue weighted by Crippen LogP contribution is 2.19. The highest BCUT2D eigenvalue weighted by atomic mass is 32.2. The summed E-state index contributed by atoms with van der Waals surface area (Å²) in [5.74, 6) is 1.00. The van der Waals surface area contributed by atoms with Crippen molar-refractivity contribution in [3.8, 4) is 5.69 Å². The zero-order chi connectivity index (χ0) is 18.4. The van der Waals surface area contributed by atoms with Gasteiger partial charge in [-0.2, -0.15) is 4.68 Å². The predicted molar refractivity (Wildman–Crippen MR) is 98.4 cm³/mol. The van der Waals surface area contributed by atoms with Crippen LogP contribution in [0.25, 0.3) is 5.69 Å². The number of unbranched alkanes of at least 4 members (excludes halogenated alkanes) is 1. The van der Waals surface area contributed by atoms with E-state index in [0.29, 0.717) is 16.7 Å². The average Bonchev–Trinajstić information content (AvgIpc) is 3.27. The van der Waals surface area contributed by atoms with E-state index in [-0.39, 0.29) is 11.7 Å². The van der Waals surface area contributed by atoms with Gasteiger partial charge in [0.05, 0.1) is 11.4 Å². The Hall–Kier alpha value is -2.68. The first-order valence-corrected chi connectivity index (χ1v) is 9.38. The lowest BCUT2D eigenvalue weighted by molar-refractivity contribution is -0.113. The number of aryl methyl sites for hydroxylation is 2. The van der Waals surface area contributed by atoms with Gasteiger partial charge in [-0.15, -0.1) is 5.10 Å². The van der Waals surface area contributed by atoms with Crippen molar-refractivity contribution in [3.63, 3.8) is 0 Å². The van der Waals surface area contributed by atoms with Crippen molar-refractivity contribution in [1.29, 1.82) is 0 Å². The van der Waals surface area contributed by atoms with Gasteiger partial charge in [-0.3, -0.25) is 4.79 Å². The normalized spacial score (nSPS) is 10.8. The molecule has 0 atom stereocenters. The van der Waals surface area contributed by atoms with Gasteiger partial charge in [0.2, 0.25) is 11.1 Å². The fourth-order valence-electron chi connectivity index (χ4n) is 2.35. The number of thioether (sulfide) groups is 1. The number of tetrazole rings is 1. The number of benzene rings is 1. The Morgan fingerprint density at radius 3 is 2.81 bits per heavy atom. The van der Waals surface area contributed by atoms with Crippen LogP contribution in [0.2, 0.25) is 0 Å². The minimum atomic E-state index is -0.201. The zero-order valence-electron chi connectivity index (χ0n) is 14.7. The lowest BCUT2D eigenvalue weighted by atomic mass is 10.1. The number of nitrogens with one attached hydrogen (secondary N) is 1. The molecule has 0 unspecified atom stereocenters. The van der Waals surface area contributed by atoms with Crippen LogP contribution in [-0.2, 0) is 11.2 Å². The van der Waals surface area contributed by atoms with Crippen LogP contribution in [0.4, 0.5) is 5.82 Å². The number of amides is 1. The summed E-state index contributed by atoms with van der Waals surface area (Å²) in [5.41, 5.74) is 2.16. The standard InChI is InChI=1S/C17H20N6O2S/c1-3-4-5-13-6-8-14(9-7-13)23-17(19-21-22-23)26-11-16(24)18-15-10-12(2)25-20-15/h6-10H,3-5,11H2,1-2H3,(H,18,20,24). The van der Waals surface area contributed by atoms with Crippen LogP contribution in [0.15, 0.2) is 40.0 Å². The van der Waals surface area contributed by atoms with E-state index in [2.05, 4.69) is 45.1 Å². The smallest absolute Gasteiger partial charge is 0.236 e. The molecular weight excluding hydrogens is 352 g/mol. The molecule has 0 saturated heterocycles. The van der Waals surface area contributed by atoms with E-state index >= 15 is 0 Å². The molecule has 0 bridgehead atoms. The van der Waals surface area contributed by atoms with Crippen molar-refractivity contribution in [2.75, 3.05) is 11.1 Å². The number of hydrogen-bond donors (Lipinski definition) is 1. The highest BCUT2D eigenvalue weighted by Gasteiger charge is 2.13. The Kier molecular flexibility index (Phi) is 6.00. The fraction of sp³-hybridized carbons (Fsp3) is 0.353. The van der Waals surface area contributed by atoms with Gasteiger partial charge in [0.1, 0.15) is 5.76 Å². The molecule has 3 rings (SSSR count). The Morgan fingerprint density at radius 1 is 1.31 bits per heavy atom. The van der Waals surface area contributed by atoms with E-state index in [9.17, 15) is 4.79 Å². The fourth-order valence-corrected chi connectivity index (χ4v) is 3.04. The molecule has 1 N–H and O–H groups in total. The molecule has 0 aliphatic heterocycles. The van der Waals surface area contributed by atoms with Crippen LogP contribution in [-0.4, -0.2) is 37.0 Å². The molecule has 8 nitrogen and oxygen atoms in total. The SMILES string of the molecule is CCCCc1ccc(-n2nnnc2SCC(=O)Nc2cc(C)on2)cc1. The van der Waals surface area contributed by atoms with Crippen molar-refractivity contribution in [2.24, 2.45) is 0 Å². The Morgan fingerprint density at radius 2 is 2.12 bits per heavy atom. The topological polar surface area (TPSA) is 98.7 Å². The van der Waals surface area contributed by atoms with Crippen LogP contribution in [0.1, 0.15) is 31.1 Å². The van der Waals surface area contributed by atoms with Crippen LogP contribution in [0, 0.1) is 6.92 Å². The second-order valence-corrected chi connectivity index (χ2v) is 6.75. The molecule has 0 aliphatic rings. The summed E-state index contributed by atoms with van der Waals surface area (Å²) in [6.07, 6.45) is 3.41. The van der Waals surface area contributed by atoms with Gasteiger partial charge in [-0.25, -0.2) is 0 Å². The molecule has 3 aromatic rings. The van der Waals surface area contributed by atoms with E-state index < -0.39 is 0 Å². The number of carbonyl (C=O) groups is 1. The van der Waals surface area contributed by atoms with Gasteiger partial charge < -0.3 is 9.84 Å². The lowest BCUT2D eigenvalue weighted by Gasteiger charge is -2.06. The lowest BCUT2D eigenvalue weighted by Crippen LogP contribution is -2.14. The number of anilines is 1. The van der Waals surface area contributed by atoms with Gasteiger partial charge in [0, 0.05) is 6.07 Å². The largest absolute Gasteiger partial charge is 0.360 e. The van der Waals surface area contributed by atoms with Crippen molar-refractivity contribution >= 4 is 23.5 Å². The zero-order valence-corrected chi connectivity index (χ0v) is 15.5. The van der Waals surface area contributed by atoms with Crippen LogP contribution < -0.4 is 5.32 Å². The summed E-state index contributed by atoms with van der Waals surface area (Å²) >= 11 is 1.26. The second kappa shape index (κ2) is 8.61. The van der Waals surface area contributed by atoms with Gasteiger partial charge in [0.15, 0.2) is 5.82 Å². The van der Waals surface area contributed by atoms with E-state index in [1.807, 2.05) is 12.1 Å². The third-order valence-electron chi connectivity index (χ3n) is 3.67. The number of aromatic nitrogens is 5. The molecule has 2 heterocycles. The number of hydrogen-bond acceptors (Lipinski definition) is 7. The Labute approximate surface area is 155 Å². The van der Waals surface area contributed by atoms with E-state index in [1.165, 1.54) is 30.2 Å². The molecule has 0 saturated carbocycles. The first-order valence-electron chi connectivity index (χ1n) is 8.39. The van der Waals surface area contributed by atoms with E-state index in [0.717, 1.165) is 12.1 Å². The summed E-state index contributed by atoms with van der Waals surface area (Å²) < 4.78 is 6.55. The number of rotatable bonds is 8. The minimum absolute atomic E-state index is 0.168. The van der Waals surface area contributed by atoms with Gasteiger partial charge in [0.25, 0.3) is 0 Å². The van der Waals surface area contributed by atoms with Crippen LogP contribution >= 0.6 is 11.8 Å². The summed E-state index contributed by atoms with van der Waals surface area (Å²) in [6.45, 7) is 3.94. The maximum atomic E-state index is 12.0. The van der Waals surface area contributed by atoms with Gasteiger partial charge in [-0.05, 0) is 47.9 Å². The molecule has 0 aliphatic carbocycles. The highest BCUT2D eigenvalue weighted by molar-refractivity contribution is 7.99. The van der Waals surface area contributed by atoms with Crippen LogP contribution in [0.5, 0.6) is 0 Å². The first kappa shape index (κ1) is 18.1. The molecule has 2 aromatic heterocycles. The van der Waals surface area contributed by atoms with E-state index in [1.54, 1.807) is 17.7 Å². The van der Waals surface area contributed by atoms with Crippen molar-refractivity contribution < 1.29 is 9.32 Å². The monoisotopic (exact) mass is 372 g/mol. The summed E-state index contributed by atoms with van der Waals surface area (Å²) in [6, 6.07) is 9.81. The summed E-state index contributed by atoms with van der Waals surface area (Å²) in [5, 5.41) is 18.7. The average molecular weight is 372 g/mol. The maximum absolute atomic E-state index is 12.0. The maximum Gasteiger partial charge on any atom is 0.236 e. The van der Waals surface area contributed by atoms with Crippen molar-refractivity contribution in [2.45, 2.75) is 38.3 Å². The number of nitrogens with zero attached hydrogens (tertiary/aromatic N) is 5. The molecule has 136 valence electrons.